The maximum Gasteiger partial charge on any atom is 0.271 e. The Morgan fingerprint density at radius 1 is 0.745 bits per heavy atom. The van der Waals surface area contributed by atoms with Crippen LogP contribution in [-0.2, 0) is 4.52 Å². The Labute approximate surface area is 287 Å². The lowest BCUT2D eigenvalue weighted by Crippen LogP contribution is -2.37. The maximum atomic E-state index is 12.4. The summed E-state index contributed by atoms with van der Waals surface area (Å²) in [5, 5.41) is 5.82. The number of methoxy groups -OCH3 is 4. The average Bonchev–Trinajstić information content (AvgIpc) is 3.14. The fourth-order valence-corrected chi connectivity index (χ4v) is 3.79. The SMILES string of the molecule is C=CC.CC.CC.CCCC.CCP(NN(C)C(=O)c1cc(OC)ccc1OC)OC.CNN(C)C(=O)c1cc(OC)ccc1OC. The minimum Gasteiger partial charge on any atom is -0.497 e. The highest BCUT2D eigenvalue weighted by Gasteiger charge is 2.20. The molecule has 2 aromatic rings. The van der Waals surface area contributed by atoms with E-state index < -0.39 is 8.30 Å². The number of carbonyl (C=O) groups excluding carboxylic acids is 2. The van der Waals surface area contributed by atoms with Crippen molar-refractivity contribution in [2.45, 2.75) is 68.2 Å². The molecule has 1 atom stereocenters. The third kappa shape index (κ3) is 21.2. The molecule has 2 aromatic carbocycles. The first-order valence-corrected chi connectivity index (χ1v) is 17.3. The Hall–Kier alpha value is -3.37. The van der Waals surface area contributed by atoms with Crippen molar-refractivity contribution in [2.24, 2.45) is 0 Å². The lowest BCUT2D eigenvalue weighted by molar-refractivity contribution is 0.0729. The number of hydrogen-bond donors (Lipinski definition) is 2. The monoisotopic (exact) mass is 684 g/mol. The van der Waals surface area contributed by atoms with E-state index in [9.17, 15) is 9.59 Å². The molecule has 0 aromatic heterocycles. The summed E-state index contributed by atoms with van der Waals surface area (Å²) < 4.78 is 25.8. The molecule has 1 unspecified atom stereocenters. The molecule has 0 radical (unpaired) electrons. The van der Waals surface area contributed by atoms with E-state index in [1.165, 1.54) is 37.1 Å². The molecule has 0 saturated heterocycles. The van der Waals surface area contributed by atoms with Crippen LogP contribution in [0.5, 0.6) is 23.0 Å². The smallest absolute Gasteiger partial charge is 0.271 e. The van der Waals surface area contributed by atoms with Crippen molar-refractivity contribution >= 4 is 20.1 Å². The number of nitrogens with zero attached hydrogens (tertiary/aromatic N) is 2. The minimum atomic E-state index is -0.861. The van der Waals surface area contributed by atoms with E-state index in [-0.39, 0.29) is 11.8 Å². The molecule has 0 heterocycles. The number of carbonyl (C=O) groups is 2. The lowest BCUT2D eigenvalue weighted by Gasteiger charge is -2.24. The van der Waals surface area contributed by atoms with Gasteiger partial charge in [-0.25, -0.2) is 5.43 Å². The van der Waals surface area contributed by atoms with Crippen molar-refractivity contribution in [2.75, 3.05) is 62.9 Å². The van der Waals surface area contributed by atoms with Crippen LogP contribution < -0.4 is 29.6 Å². The van der Waals surface area contributed by atoms with Crippen LogP contribution in [0, 0.1) is 0 Å². The highest BCUT2D eigenvalue weighted by molar-refractivity contribution is 7.50. The van der Waals surface area contributed by atoms with E-state index in [4.69, 9.17) is 23.5 Å². The number of allylic oxidation sites excluding steroid dienone is 1. The molecule has 0 fully saturated rings. The van der Waals surface area contributed by atoms with Gasteiger partial charge in [0.25, 0.3) is 11.8 Å². The lowest BCUT2D eigenvalue weighted by atomic mass is 10.1. The molecule has 272 valence electrons. The predicted molar refractivity (Wildman–Crippen MR) is 199 cm³/mol. The van der Waals surface area contributed by atoms with Crippen molar-refractivity contribution in [3.63, 3.8) is 0 Å². The highest BCUT2D eigenvalue weighted by Crippen LogP contribution is 2.31. The van der Waals surface area contributed by atoms with Crippen LogP contribution in [-0.4, -0.2) is 84.7 Å². The highest BCUT2D eigenvalue weighted by atomic mass is 31.2. The molecule has 0 aliphatic rings. The standard InChI is InChI=1S/C13H21N2O4P.C11H16N2O3.C4H10.C3H6.2C2H6/c1-6-20(19-5)14-15(2)13(16)11-9-10(17-3)7-8-12(11)18-4;1-12-13(2)11(14)9-7-8(15-3)5-6-10(9)16-4;1-3-4-2;1-3-2;2*1-2/h7-9,14H,6H2,1-5H3;5-7,12H,1-4H3;3-4H2,1-2H3;3H,1H2,2H3;2*1-2H3. The first-order valence-electron chi connectivity index (χ1n) is 15.9. The van der Waals surface area contributed by atoms with Gasteiger partial charge in [0, 0.05) is 34.4 Å². The maximum absolute atomic E-state index is 12.4. The fourth-order valence-electron chi connectivity index (χ4n) is 2.88. The largest absolute Gasteiger partial charge is 0.497 e. The molecule has 0 saturated carbocycles. The number of amides is 2. The van der Waals surface area contributed by atoms with E-state index >= 15 is 0 Å². The first kappa shape index (κ1) is 50.5. The van der Waals surface area contributed by atoms with Gasteiger partial charge >= 0.3 is 0 Å². The Kier molecular flexibility index (Phi) is 36.5. The van der Waals surface area contributed by atoms with Crippen LogP contribution in [0.1, 0.15) is 88.9 Å². The molecule has 0 aliphatic heterocycles. The van der Waals surface area contributed by atoms with Crippen LogP contribution in [0.2, 0.25) is 0 Å². The van der Waals surface area contributed by atoms with E-state index in [0.717, 1.165) is 6.16 Å². The van der Waals surface area contributed by atoms with Gasteiger partial charge in [-0.3, -0.25) is 19.6 Å². The average molecular weight is 685 g/mol. The molecular weight excluding hydrogens is 619 g/mol. The molecule has 2 amide bonds. The number of unbranched alkanes of at least 4 members (excludes halogenated alkanes) is 1. The van der Waals surface area contributed by atoms with Gasteiger partial charge in [0.2, 0.25) is 0 Å². The van der Waals surface area contributed by atoms with Gasteiger partial charge in [0.05, 0.1) is 39.6 Å². The van der Waals surface area contributed by atoms with E-state index in [2.05, 4.69) is 31.0 Å². The summed E-state index contributed by atoms with van der Waals surface area (Å²) >= 11 is 0. The van der Waals surface area contributed by atoms with Crippen molar-refractivity contribution in [1.82, 2.24) is 20.6 Å². The molecule has 12 heteroatoms. The minimum absolute atomic E-state index is 0.182. The van der Waals surface area contributed by atoms with Crippen LogP contribution in [0.3, 0.4) is 0 Å². The topological polar surface area (TPSA) is 111 Å². The van der Waals surface area contributed by atoms with Crippen molar-refractivity contribution in [1.29, 1.82) is 0 Å². The second kappa shape index (κ2) is 34.0. The Bertz CT molecular complexity index is 1070. The van der Waals surface area contributed by atoms with Crippen LogP contribution in [0.4, 0.5) is 0 Å². The van der Waals surface area contributed by atoms with Gasteiger partial charge < -0.3 is 23.5 Å². The quantitative estimate of drug-likeness (QED) is 0.130. The number of nitrogens with one attached hydrogen (secondary N) is 2. The zero-order valence-corrected chi connectivity index (χ0v) is 33.0. The molecule has 0 aliphatic carbocycles. The summed E-state index contributed by atoms with van der Waals surface area (Å²) in [6.45, 7) is 19.6. The van der Waals surface area contributed by atoms with Gasteiger partial charge in [-0.1, -0.05) is 67.4 Å². The van der Waals surface area contributed by atoms with Gasteiger partial charge in [-0.15, -0.1) is 6.58 Å². The van der Waals surface area contributed by atoms with E-state index in [1.54, 1.807) is 84.9 Å². The van der Waals surface area contributed by atoms with E-state index in [0.29, 0.717) is 34.1 Å². The Morgan fingerprint density at radius 3 is 1.36 bits per heavy atom. The predicted octanol–water partition coefficient (Wildman–Crippen LogP) is 8.22. The van der Waals surface area contributed by atoms with Crippen LogP contribution in [0.25, 0.3) is 0 Å². The van der Waals surface area contributed by atoms with Crippen molar-refractivity contribution < 1.29 is 33.1 Å². The number of ether oxygens (including phenoxy) is 4. The Morgan fingerprint density at radius 2 is 1.11 bits per heavy atom. The third-order valence-corrected chi connectivity index (χ3v) is 7.03. The van der Waals surface area contributed by atoms with Crippen molar-refractivity contribution in [3.05, 3.63) is 60.2 Å². The summed E-state index contributed by atoms with van der Waals surface area (Å²) in [6, 6.07) is 10.2. The third-order valence-electron chi connectivity index (χ3n) is 5.49. The van der Waals surface area contributed by atoms with Gasteiger partial charge in [0.1, 0.15) is 31.3 Å². The molecule has 2 N–H and O–H groups in total. The zero-order valence-electron chi connectivity index (χ0n) is 32.1. The van der Waals surface area contributed by atoms with Crippen LogP contribution in [0.15, 0.2) is 49.1 Å². The first-order chi connectivity index (χ1) is 22.5. The molecule has 0 bridgehead atoms. The second-order valence-electron chi connectivity index (χ2n) is 8.47. The molecule has 0 spiro atoms. The fraction of sp³-hybridized carbons (Fsp3) is 0.543. The number of hydrazine groups is 2. The normalized spacial score (nSPS) is 9.53. The summed E-state index contributed by atoms with van der Waals surface area (Å²) in [5.41, 5.74) is 3.63. The van der Waals surface area contributed by atoms with Gasteiger partial charge in [-0.05, 0) is 43.3 Å². The zero-order chi connectivity index (χ0) is 37.4. The van der Waals surface area contributed by atoms with E-state index in [1.807, 2.05) is 41.5 Å². The molecule has 47 heavy (non-hydrogen) atoms. The van der Waals surface area contributed by atoms with Crippen LogP contribution >= 0.6 is 8.30 Å². The van der Waals surface area contributed by atoms with Crippen molar-refractivity contribution in [3.8, 4) is 23.0 Å². The summed E-state index contributed by atoms with van der Waals surface area (Å²) in [6.07, 6.45) is 5.19. The summed E-state index contributed by atoms with van der Waals surface area (Å²) in [7, 11) is 11.9. The number of hydrogen-bond acceptors (Lipinski definition) is 9. The summed E-state index contributed by atoms with van der Waals surface area (Å²) in [5.74, 6) is 1.85. The number of benzene rings is 2. The molecule has 11 nitrogen and oxygen atoms in total. The molecular formula is C35H65N4O7P. The van der Waals surface area contributed by atoms with Gasteiger partial charge in [0.15, 0.2) is 0 Å². The van der Waals surface area contributed by atoms with Gasteiger partial charge in [-0.2, -0.15) is 5.20 Å². The number of rotatable bonds is 12. The second-order valence-corrected chi connectivity index (χ2v) is 10.4. The Balaban J connectivity index is -0.000000305. The molecule has 2 rings (SSSR count). The summed E-state index contributed by atoms with van der Waals surface area (Å²) in [4.78, 5) is 24.4.